The van der Waals surface area contributed by atoms with Crippen LogP contribution in [0.5, 0.6) is 0 Å². The fraction of sp³-hybridized carbons (Fsp3) is 0.500. The van der Waals surface area contributed by atoms with Crippen LogP contribution < -0.4 is 5.32 Å². The van der Waals surface area contributed by atoms with Crippen LogP contribution in [-0.2, 0) is 11.2 Å². The van der Waals surface area contributed by atoms with E-state index in [-0.39, 0.29) is 11.9 Å². The first kappa shape index (κ1) is 14.0. The van der Waals surface area contributed by atoms with E-state index in [1.807, 2.05) is 37.3 Å². The minimum Gasteiger partial charge on any atom is -0.354 e. The van der Waals surface area contributed by atoms with Crippen LogP contribution >= 0.6 is 11.6 Å². The van der Waals surface area contributed by atoms with Crippen LogP contribution in [0.2, 0.25) is 0 Å². The van der Waals surface area contributed by atoms with E-state index in [4.69, 9.17) is 11.6 Å². The third kappa shape index (κ3) is 6.32. The highest BCUT2D eigenvalue weighted by Gasteiger charge is 2.06. The second-order valence-corrected chi connectivity index (χ2v) is 4.66. The zero-order chi connectivity index (χ0) is 12.5. The smallest absolute Gasteiger partial charge is 0.220 e. The van der Waals surface area contributed by atoms with Crippen molar-refractivity contribution in [2.45, 2.75) is 38.6 Å². The van der Waals surface area contributed by atoms with Crippen LogP contribution in [0.1, 0.15) is 31.7 Å². The average molecular weight is 254 g/mol. The molecule has 1 rings (SSSR count). The maximum atomic E-state index is 11.6. The number of rotatable bonds is 7. The molecule has 0 aliphatic carbocycles. The summed E-state index contributed by atoms with van der Waals surface area (Å²) in [6, 6.07) is 10.3. The van der Waals surface area contributed by atoms with E-state index in [2.05, 4.69) is 5.32 Å². The van der Waals surface area contributed by atoms with Crippen LogP contribution in [0.4, 0.5) is 0 Å². The summed E-state index contributed by atoms with van der Waals surface area (Å²) in [5.41, 5.74) is 1.20. The molecule has 3 heteroatoms. The SMILES string of the molecule is CC(CCCCl)NC(=O)CCc1ccccc1. The van der Waals surface area contributed by atoms with Crippen molar-refractivity contribution in [1.29, 1.82) is 0 Å². The molecule has 2 nitrogen and oxygen atoms in total. The van der Waals surface area contributed by atoms with Gasteiger partial charge in [0.25, 0.3) is 0 Å². The Balaban J connectivity index is 2.21. The molecule has 0 bridgehead atoms. The molecule has 0 saturated carbocycles. The Labute approximate surface area is 108 Å². The van der Waals surface area contributed by atoms with E-state index in [1.165, 1.54) is 5.56 Å². The highest BCUT2D eigenvalue weighted by Crippen LogP contribution is 2.03. The number of carbonyl (C=O) groups excluding carboxylic acids is 1. The molecule has 0 fully saturated rings. The number of carbonyl (C=O) groups is 1. The molecule has 0 aliphatic rings. The van der Waals surface area contributed by atoms with Crippen molar-refractivity contribution in [3.8, 4) is 0 Å². The molecule has 94 valence electrons. The zero-order valence-corrected chi connectivity index (χ0v) is 11.0. The van der Waals surface area contributed by atoms with E-state index in [1.54, 1.807) is 0 Å². The maximum Gasteiger partial charge on any atom is 0.220 e. The van der Waals surface area contributed by atoms with Gasteiger partial charge in [0.2, 0.25) is 5.91 Å². The topological polar surface area (TPSA) is 29.1 Å². The van der Waals surface area contributed by atoms with Crippen molar-refractivity contribution in [2.75, 3.05) is 5.88 Å². The van der Waals surface area contributed by atoms with Crippen LogP contribution in [0.25, 0.3) is 0 Å². The zero-order valence-electron chi connectivity index (χ0n) is 10.3. The Hall–Kier alpha value is -1.02. The summed E-state index contributed by atoms with van der Waals surface area (Å²) >= 11 is 5.61. The first-order valence-corrected chi connectivity index (χ1v) is 6.65. The van der Waals surface area contributed by atoms with Gasteiger partial charge in [0.05, 0.1) is 0 Å². The molecule has 0 saturated heterocycles. The summed E-state index contributed by atoms with van der Waals surface area (Å²) in [5, 5.41) is 2.99. The lowest BCUT2D eigenvalue weighted by molar-refractivity contribution is -0.121. The minimum atomic E-state index is 0.121. The molecule has 0 radical (unpaired) electrons. The Morgan fingerprint density at radius 1 is 1.35 bits per heavy atom. The van der Waals surface area contributed by atoms with Gasteiger partial charge in [-0.05, 0) is 31.7 Å². The average Bonchev–Trinajstić information content (AvgIpc) is 2.35. The molecule has 1 amide bonds. The Bertz CT molecular complexity index is 326. The monoisotopic (exact) mass is 253 g/mol. The number of nitrogens with one attached hydrogen (secondary N) is 1. The summed E-state index contributed by atoms with van der Waals surface area (Å²) in [4.78, 5) is 11.6. The number of amides is 1. The highest BCUT2D eigenvalue weighted by atomic mass is 35.5. The fourth-order valence-corrected chi connectivity index (χ4v) is 1.86. The maximum absolute atomic E-state index is 11.6. The molecule has 17 heavy (non-hydrogen) atoms. The van der Waals surface area contributed by atoms with Crippen LogP contribution in [0, 0.1) is 0 Å². The summed E-state index contributed by atoms with van der Waals surface area (Å²) in [5.74, 6) is 0.778. The van der Waals surface area contributed by atoms with Crippen molar-refractivity contribution in [1.82, 2.24) is 5.32 Å². The van der Waals surface area contributed by atoms with E-state index in [0.29, 0.717) is 12.3 Å². The first-order valence-electron chi connectivity index (χ1n) is 6.11. The molecule has 1 aromatic carbocycles. The molecule has 0 aliphatic heterocycles. The number of aryl methyl sites for hydroxylation is 1. The number of alkyl halides is 1. The Kier molecular flexibility index (Phi) is 6.71. The Morgan fingerprint density at radius 2 is 2.06 bits per heavy atom. The first-order chi connectivity index (χ1) is 8.22. The lowest BCUT2D eigenvalue weighted by Gasteiger charge is -2.12. The van der Waals surface area contributed by atoms with Crippen LogP contribution in [0.3, 0.4) is 0 Å². The van der Waals surface area contributed by atoms with Crippen molar-refractivity contribution in [2.24, 2.45) is 0 Å². The van der Waals surface area contributed by atoms with Gasteiger partial charge < -0.3 is 5.32 Å². The van der Waals surface area contributed by atoms with Gasteiger partial charge in [-0.15, -0.1) is 11.6 Å². The second kappa shape index (κ2) is 8.13. The van der Waals surface area contributed by atoms with Gasteiger partial charge >= 0.3 is 0 Å². The quantitative estimate of drug-likeness (QED) is 0.744. The van der Waals surface area contributed by atoms with E-state index in [9.17, 15) is 4.79 Å². The van der Waals surface area contributed by atoms with Gasteiger partial charge in [0.1, 0.15) is 0 Å². The van der Waals surface area contributed by atoms with Gasteiger partial charge in [-0.25, -0.2) is 0 Å². The number of hydrogen-bond donors (Lipinski definition) is 1. The highest BCUT2D eigenvalue weighted by molar-refractivity contribution is 6.17. The number of halogens is 1. The molecular formula is C14H20ClNO. The van der Waals surface area contributed by atoms with Crippen LogP contribution in [-0.4, -0.2) is 17.8 Å². The molecule has 0 aromatic heterocycles. The molecule has 1 atom stereocenters. The second-order valence-electron chi connectivity index (χ2n) is 4.29. The molecule has 1 unspecified atom stereocenters. The molecular weight excluding hydrogens is 234 g/mol. The predicted octanol–water partition coefficient (Wildman–Crippen LogP) is 3.14. The van der Waals surface area contributed by atoms with E-state index < -0.39 is 0 Å². The summed E-state index contributed by atoms with van der Waals surface area (Å²) in [6.07, 6.45) is 3.24. The molecule has 1 N–H and O–H groups in total. The van der Waals surface area contributed by atoms with Crippen molar-refractivity contribution in [3.63, 3.8) is 0 Å². The van der Waals surface area contributed by atoms with E-state index >= 15 is 0 Å². The molecule has 0 heterocycles. The van der Waals surface area contributed by atoms with Gasteiger partial charge in [-0.2, -0.15) is 0 Å². The lowest BCUT2D eigenvalue weighted by Crippen LogP contribution is -2.32. The van der Waals surface area contributed by atoms with Gasteiger partial charge in [-0.3, -0.25) is 4.79 Å². The lowest BCUT2D eigenvalue weighted by atomic mass is 10.1. The summed E-state index contributed by atoms with van der Waals surface area (Å²) < 4.78 is 0. The molecule has 1 aromatic rings. The fourth-order valence-electron chi connectivity index (χ4n) is 1.71. The number of benzene rings is 1. The molecule has 0 spiro atoms. The van der Waals surface area contributed by atoms with Crippen molar-refractivity contribution >= 4 is 17.5 Å². The van der Waals surface area contributed by atoms with Crippen molar-refractivity contribution < 1.29 is 4.79 Å². The van der Waals surface area contributed by atoms with Gasteiger partial charge in [0.15, 0.2) is 0 Å². The minimum absolute atomic E-state index is 0.121. The third-order valence-corrected chi connectivity index (χ3v) is 2.93. The summed E-state index contributed by atoms with van der Waals surface area (Å²) in [6.45, 7) is 2.02. The van der Waals surface area contributed by atoms with Gasteiger partial charge in [0, 0.05) is 18.3 Å². The largest absolute Gasteiger partial charge is 0.354 e. The normalized spacial score (nSPS) is 12.1. The predicted molar refractivity (Wildman–Crippen MR) is 72.3 cm³/mol. The third-order valence-electron chi connectivity index (χ3n) is 2.66. The van der Waals surface area contributed by atoms with Gasteiger partial charge in [-0.1, -0.05) is 30.3 Å². The Morgan fingerprint density at radius 3 is 2.71 bits per heavy atom. The van der Waals surface area contributed by atoms with Crippen LogP contribution in [0.15, 0.2) is 30.3 Å². The summed E-state index contributed by atoms with van der Waals surface area (Å²) in [7, 11) is 0. The van der Waals surface area contributed by atoms with Crippen molar-refractivity contribution in [3.05, 3.63) is 35.9 Å². The standard InChI is InChI=1S/C14H20ClNO/c1-12(6-5-11-15)16-14(17)10-9-13-7-3-2-4-8-13/h2-4,7-8,12H,5-6,9-11H2,1H3,(H,16,17). The number of hydrogen-bond acceptors (Lipinski definition) is 1. The van der Waals surface area contributed by atoms with E-state index in [0.717, 1.165) is 19.3 Å².